The fraction of sp³-hybridized carbons (Fsp3) is 0.421. The predicted octanol–water partition coefficient (Wildman–Crippen LogP) is 2.80. The maximum atomic E-state index is 13.5. The second kappa shape index (κ2) is 6.64. The van der Waals surface area contributed by atoms with Crippen LogP contribution in [0.3, 0.4) is 0 Å². The van der Waals surface area contributed by atoms with Crippen molar-refractivity contribution in [3.8, 4) is 11.5 Å². The number of anilines is 1. The molecule has 0 radical (unpaired) electrons. The molecule has 1 N–H and O–H groups in total. The van der Waals surface area contributed by atoms with E-state index in [1.165, 1.54) is 31.5 Å². The van der Waals surface area contributed by atoms with Gasteiger partial charge in [0.05, 0.1) is 11.8 Å². The van der Waals surface area contributed by atoms with Gasteiger partial charge < -0.3 is 15.0 Å². The predicted molar refractivity (Wildman–Crippen MR) is 95.3 cm³/mol. The van der Waals surface area contributed by atoms with Gasteiger partial charge in [-0.05, 0) is 51.1 Å². The SMILES string of the molecule is CC(=O)c1cc(F)ccc1Oc1cncnc1N1CC2(CCNCC2)C1. The Labute approximate surface area is 151 Å². The number of halogens is 1. The van der Waals surface area contributed by atoms with Crippen molar-refractivity contribution >= 4 is 11.6 Å². The topological polar surface area (TPSA) is 67.3 Å². The molecule has 26 heavy (non-hydrogen) atoms. The number of carbonyl (C=O) groups is 1. The molecule has 1 spiro atoms. The Morgan fingerprint density at radius 3 is 2.77 bits per heavy atom. The molecule has 6 nitrogen and oxygen atoms in total. The van der Waals surface area contributed by atoms with Gasteiger partial charge in [-0.3, -0.25) is 4.79 Å². The van der Waals surface area contributed by atoms with E-state index in [1.807, 2.05) is 0 Å². The normalized spacial score (nSPS) is 18.5. The third-order valence-corrected chi connectivity index (χ3v) is 5.22. The van der Waals surface area contributed by atoms with Crippen molar-refractivity contribution in [3.05, 3.63) is 42.1 Å². The number of Topliss-reactive ketones (excluding diaryl/α,β-unsaturated/α-hetero) is 1. The number of ketones is 1. The van der Waals surface area contributed by atoms with Crippen molar-refractivity contribution in [1.82, 2.24) is 15.3 Å². The summed E-state index contributed by atoms with van der Waals surface area (Å²) in [5.74, 6) is 0.776. The van der Waals surface area contributed by atoms with E-state index in [-0.39, 0.29) is 11.3 Å². The number of piperidine rings is 1. The summed E-state index contributed by atoms with van der Waals surface area (Å²) in [6.45, 7) is 5.37. The minimum Gasteiger partial charge on any atom is -0.451 e. The first-order valence-electron chi connectivity index (χ1n) is 8.80. The van der Waals surface area contributed by atoms with E-state index in [0.717, 1.165) is 39.0 Å². The van der Waals surface area contributed by atoms with E-state index in [4.69, 9.17) is 4.74 Å². The van der Waals surface area contributed by atoms with Crippen LogP contribution in [0.1, 0.15) is 30.1 Å². The average molecular weight is 356 g/mol. The molecular weight excluding hydrogens is 335 g/mol. The lowest BCUT2D eigenvalue weighted by atomic mass is 9.72. The number of benzene rings is 1. The lowest BCUT2D eigenvalue weighted by Crippen LogP contribution is -2.60. The second-order valence-electron chi connectivity index (χ2n) is 7.12. The number of aromatic nitrogens is 2. The standard InChI is InChI=1S/C19H21FN4O2/c1-13(25)15-8-14(20)2-3-16(15)26-17-9-22-12-23-18(17)24-10-19(11-24)4-6-21-7-5-19/h2-3,8-9,12,21H,4-7,10-11H2,1H3. The second-order valence-corrected chi connectivity index (χ2v) is 7.12. The van der Waals surface area contributed by atoms with E-state index < -0.39 is 5.82 Å². The van der Waals surface area contributed by atoms with Crippen molar-refractivity contribution in [1.29, 1.82) is 0 Å². The first-order chi connectivity index (χ1) is 12.6. The number of rotatable bonds is 4. The number of nitrogens with one attached hydrogen (secondary N) is 1. The van der Waals surface area contributed by atoms with Crippen LogP contribution < -0.4 is 15.0 Å². The molecule has 2 fully saturated rings. The van der Waals surface area contributed by atoms with Crippen molar-refractivity contribution in [2.75, 3.05) is 31.1 Å². The Morgan fingerprint density at radius 2 is 2.04 bits per heavy atom. The number of hydrogen-bond donors (Lipinski definition) is 1. The molecule has 4 rings (SSSR count). The molecule has 0 amide bonds. The zero-order chi connectivity index (χ0) is 18.1. The van der Waals surface area contributed by atoms with Gasteiger partial charge in [-0.15, -0.1) is 0 Å². The molecule has 0 unspecified atom stereocenters. The molecule has 0 atom stereocenters. The van der Waals surface area contributed by atoms with Gasteiger partial charge in [0.2, 0.25) is 0 Å². The van der Waals surface area contributed by atoms with Gasteiger partial charge in [0, 0.05) is 18.5 Å². The van der Waals surface area contributed by atoms with Gasteiger partial charge in [-0.2, -0.15) is 0 Å². The van der Waals surface area contributed by atoms with E-state index in [0.29, 0.717) is 22.7 Å². The minimum absolute atomic E-state index is 0.207. The summed E-state index contributed by atoms with van der Waals surface area (Å²) in [5, 5.41) is 3.40. The van der Waals surface area contributed by atoms with Crippen LogP contribution in [0.15, 0.2) is 30.7 Å². The van der Waals surface area contributed by atoms with Gasteiger partial charge in [0.1, 0.15) is 17.9 Å². The number of hydrogen-bond acceptors (Lipinski definition) is 6. The van der Waals surface area contributed by atoms with Crippen LogP contribution in [0.4, 0.5) is 10.2 Å². The Bertz CT molecular complexity index is 828. The van der Waals surface area contributed by atoms with Crippen molar-refractivity contribution < 1.29 is 13.9 Å². The van der Waals surface area contributed by atoms with Crippen molar-refractivity contribution in [2.45, 2.75) is 19.8 Å². The molecule has 1 aromatic carbocycles. The van der Waals surface area contributed by atoms with E-state index in [9.17, 15) is 9.18 Å². The van der Waals surface area contributed by atoms with Gasteiger partial charge in [0.15, 0.2) is 17.4 Å². The van der Waals surface area contributed by atoms with Crippen LogP contribution in [-0.4, -0.2) is 41.9 Å². The molecular formula is C19H21FN4O2. The highest BCUT2D eigenvalue weighted by molar-refractivity contribution is 5.96. The van der Waals surface area contributed by atoms with E-state index in [1.54, 1.807) is 6.20 Å². The fourth-order valence-corrected chi connectivity index (χ4v) is 3.79. The van der Waals surface area contributed by atoms with E-state index >= 15 is 0 Å². The largest absolute Gasteiger partial charge is 0.451 e. The third kappa shape index (κ3) is 3.14. The highest BCUT2D eigenvalue weighted by atomic mass is 19.1. The molecule has 1 aromatic heterocycles. The smallest absolute Gasteiger partial charge is 0.188 e. The molecule has 3 heterocycles. The molecule has 136 valence electrons. The van der Waals surface area contributed by atoms with Gasteiger partial charge in [-0.25, -0.2) is 14.4 Å². The number of ether oxygens (including phenoxy) is 1. The maximum Gasteiger partial charge on any atom is 0.188 e. The zero-order valence-corrected chi connectivity index (χ0v) is 14.7. The molecule has 0 aliphatic carbocycles. The average Bonchev–Trinajstić information content (AvgIpc) is 2.62. The molecule has 2 aliphatic heterocycles. The summed E-state index contributed by atoms with van der Waals surface area (Å²) < 4.78 is 19.4. The number of carbonyl (C=O) groups excluding carboxylic acids is 1. The summed E-state index contributed by atoms with van der Waals surface area (Å²) >= 11 is 0. The number of nitrogens with zero attached hydrogens (tertiary/aromatic N) is 3. The Kier molecular flexibility index (Phi) is 4.32. The summed E-state index contributed by atoms with van der Waals surface area (Å²) in [4.78, 5) is 22.4. The highest BCUT2D eigenvalue weighted by Gasteiger charge is 2.44. The minimum atomic E-state index is -0.470. The fourth-order valence-electron chi connectivity index (χ4n) is 3.79. The quantitative estimate of drug-likeness (QED) is 0.850. The third-order valence-electron chi connectivity index (χ3n) is 5.22. The van der Waals surface area contributed by atoms with Crippen LogP contribution in [0.5, 0.6) is 11.5 Å². The van der Waals surface area contributed by atoms with Crippen molar-refractivity contribution in [3.63, 3.8) is 0 Å². The highest BCUT2D eigenvalue weighted by Crippen LogP contribution is 2.43. The van der Waals surface area contributed by atoms with Crippen LogP contribution in [0.2, 0.25) is 0 Å². The molecule has 2 saturated heterocycles. The Hall–Kier alpha value is -2.54. The van der Waals surface area contributed by atoms with Gasteiger partial charge >= 0.3 is 0 Å². The van der Waals surface area contributed by atoms with Crippen LogP contribution in [-0.2, 0) is 0 Å². The summed E-state index contributed by atoms with van der Waals surface area (Å²) in [7, 11) is 0. The van der Waals surface area contributed by atoms with Gasteiger partial charge in [-0.1, -0.05) is 0 Å². The summed E-state index contributed by atoms with van der Waals surface area (Å²) in [6.07, 6.45) is 5.41. The Balaban J connectivity index is 1.57. The maximum absolute atomic E-state index is 13.5. The van der Waals surface area contributed by atoms with E-state index in [2.05, 4.69) is 20.2 Å². The van der Waals surface area contributed by atoms with Crippen molar-refractivity contribution in [2.24, 2.45) is 5.41 Å². The van der Waals surface area contributed by atoms with Crippen LogP contribution in [0, 0.1) is 11.2 Å². The summed E-state index contributed by atoms with van der Waals surface area (Å²) in [5.41, 5.74) is 0.562. The van der Waals surface area contributed by atoms with Crippen LogP contribution >= 0.6 is 0 Å². The molecule has 0 saturated carbocycles. The molecule has 7 heteroatoms. The monoisotopic (exact) mass is 356 g/mol. The summed E-state index contributed by atoms with van der Waals surface area (Å²) in [6, 6.07) is 3.93. The van der Waals surface area contributed by atoms with Gasteiger partial charge in [0.25, 0.3) is 0 Å². The molecule has 0 bridgehead atoms. The lowest BCUT2D eigenvalue weighted by Gasteiger charge is -2.53. The lowest BCUT2D eigenvalue weighted by molar-refractivity contribution is 0.101. The Morgan fingerprint density at radius 1 is 1.27 bits per heavy atom. The molecule has 2 aromatic rings. The zero-order valence-electron chi connectivity index (χ0n) is 14.7. The molecule has 2 aliphatic rings. The first-order valence-corrected chi connectivity index (χ1v) is 8.80. The first kappa shape index (κ1) is 16.9. The van der Waals surface area contributed by atoms with Crippen LogP contribution in [0.25, 0.3) is 0 Å².